The Hall–Kier alpha value is -3.55. The average Bonchev–Trinajstić information content (AvgIpc) is 3.40. The molecule has 1 aliphatic rings. The normalized spacial score (nSPS) is 14.4. The molecule has 4 aromatic rings. The number of nitrogens with one attached hydrogen (secondary N) is 1. The molecule has 0 atom stereocenters. The maximum Gasteiger partial charge on any atom is 0.256 e. The highest BCUT2D eigenvalue weighted by molar-refractivity contribution is 7.89. The van der Waals surface area contributed by atoms with E-state index in [0.29, 0.717) is 30.0 Å². The summed E-state index contributed by atoms with van der Waals surface area (Å²) in [5, 5.41) is 3.65. The lowest BCUT2D eigenvalue weighted by Gasteiger charge is -2.16. The number of fused-ring (bicyclic) bond motifs is 1. The number of anilines is 1. The second-order valence-corrected chi connectivity index (χ2v) is 9.97. The van der Waals surface area contributed by atoms with Gasteiger partial charge in [0.2, 0.25) is 10.0 Å². The van der Waals surface area contributed by atoms with Crippen LogP contribution in [0.4, 0.5) is 5.69 Å². The van der Waals surface area contributed by atoms with Gasteiger partial charge in [-0.15, -0.1) is 0 Å². The fourth-order valence-electron chi connectivity index (χ4n) is 4.11. The molecule has 1 saturated heterocycles. The number of para-hydroxylation sites is 1. The van der Waals surface area contributed by atoms with E-state index >= 15 is 0 Å². The summed E-state index contributed by atoms with van der Waals surface area (Å²) >= 11 is 0. The van der Waals surface area contributed by atoms with E-state index in [2.05, 4.69) is 5.32 Å². The maximum absolute atomic E-state index is 13.2. The summed E-state index contributed by atoms with van der Waals surface area (Å²) in [4.78, 5) is 18.2. The largest absolute Gasteiger partial charge is 0.322 e. The van der Waals surface area contributed by atoms with Gasteiger partial charge < -0.3 is 5.32 Å². The summed E-state index contributed by atoms with van der Waals surface area (Å²) in [6, 6.07) is 25.4. The number of benzene rings is 3. The minimum atomic E-state index is -3.49. The summed E-state index contributed by atoms with van der Waals surface area (Å²) < 4.78 is 27.0. The minimum Gasteiger partial charge on any atom is -0.322 e. The molecule has 166 valence electrons. The summed E-state index contributed by atoms with van der Waals surface area (Å²) in [6.45, 7) is 1.11. The third-order valence-electron chi connectivity index (χ3n) is 5.85. The molecule has 0 bridgehead atoms. The van der Waals surface area contributed by atoms with E-state index in [-0.39, 0.29) is 10.8 Å². The van der Waals surface area contributed by atoms with E-state index < -0.39 is 10.0 Å². The zero-order valence-electron chi connectivity index (χ0n) is 17.9. The number of rotatable bonds is 5. The molecule has 1 N–H and O–H groups in total. The molecule has 2 heterocycles. The smallest absolute Gasteiger partial charge is 0.256 e. The summed E-state index contributed by atoms with van der Waals surface area (Å²) in [6.07, 6.45) is 1.77. The molecule has 0 radical (unpaired) electrons. The van der Waals surface area contributed by atoms with Gasteiger partial charge in [-0.1, -0.05) is 48.5 Å². The summed E-state index contributed by atoms with van der Waals surface area (Å²) in [5.41, 5.74) is 3.41. The van der Waals surface area contributed by atoms with Crippen molar-refractivity contribution in [1.29, 1.82) is 0 Å². The zero-order chi connectivity index (χ0) is 22.8. The first kappa shape index (κ1) is 21.3. The minimum absolute atomic E-state index is 0.239. The Morgan fingerprint density at radius 1 is 0.848 bits per heavy atom. The average molecular weight is 458 g/mol. The van der Waals surface area contributed by atoms with Crippen LogP contribution in [-0.2, 0) is 10.0 Å². The maximum atomic E-state index is 13.2. The Labute approximate surface area is 192 Å². The molecule has 1 amide bonds. The lowest BCUT2D eigenvalue weighted by atomic mass is 10.0. The summed E-state index contributed by atoms with van der Waals surface area (Å²) in [5.74, 6) is -0.277. The third-order valence-corrected chi connectivity index (χ3v) is 7.76. The van der Waals surface area contributed by atoms with Crippen molar-refractivity contribution in [3.8, 4) is 11.3 Å². The van der Waals surface area contributed by atoms with Gasteiger partial charge in [-0.2, -0.15) is 4.31 Å². The molecule has 5 rings (SSSR count). The number of amides is 1. The predicted octanol–water partition coefficient (Wildman–Crippen LogP) is 4.94. The van der Waals surface area contributed by atoms with E-state index in [1.807, 2.05) is 54.6 Å². The third kappa shape index (κ3) is 4.25. The van der Waals surface area contributed by atoms with Crippen LogP contribution in [0.5, 0.6) is 0 Å². The topological polar surface area (TPSA) is 79.4 Å². The molecule has 6 nitrogen and oxygen atoms in total. The molecule has 3 aromatic carbocycles. The van der Waals surface area contributed by atoms with Crippen LogP contribution in [0.1, 0.15) is 23.2 Å². The lowest BCUT2D eigenvalue weighted by molar-refractivity contribution is 0.102. The molecule has 1 aromatic heterocycles. The predicted molar refractivity (Wildman–Crippen MR) is 130 cm³/mol. The molecule has 1 fully saturated rings. The lowest BCUT2D eigenvalue weighted by Crippen LogP contribution is -2.27. The quantitative estimate of drug-likeness (QED) is 0.460. The van der Waals surface area contributed by atoms with Crippen LogP contribution in [-0.4, -0.2) is 36.7 Å². The van der Waals surface area contributed by atoms with E-state index in [1.165, 1.54) is 4.31 Å². The van der Waals surface area contributed by atoms with Gasteiger partial charge in [-0.25, -0.2) is 13.4 Å². The fourth-order valence-corrected chi connectivity index (χ4v) is 5.62. The number of aromatic nitrogens is 1. The van der Waals surface area contributed by atoms with Gasteiger partial charge in [0.15, 0.2) is 0 Å². The number of hydrogen-bond acceptors (Lipinski definition) is 4. The Balaban J connectivity index is 1.45. The van der Waals surface area contributed by atoms with Crippen molar-refractivity contribution in [1.82, 2.24) is 9.29 Å². The molecule has 0 spiro atoms. The number of hydrogen-bond donors (Lipinski definition) is 1. The number of carbonyl (C=O) groups excluding carboxylic acids is 1. The number of pyridine rings is 1. The Morgan fingerprint density at radius 2 is 1.52 bits per heavy atom. The molecule has 0 unspecified atom stereocenters. The van der Waals surface area contributed by atoms with Crippen molar-refractivity contribution in [2.75, 3.05) is 18.4 Å². The number of carbonyl (C=O) groups is 1. The van der Waals surface area contributed by atoms with Crippen molar-refractivity contribution in [2.24, 2.45) is 0 Å². The molecule has 0 aliphatic carbocycles. The molecule has 7 heteroatoms. The number of nitrogens with zero attached hydrogens (tertiary/aromatic N) is 2. The standard InChI is InChI=1S/C26H23N3O3S/c30-26(27-20-12-14-21(15-13-20)33(31,32)29-16-6-7-17-29)23-18-25(19-8-2-1-3-9-19)28-24-11-5-4-10-22(23)24/h1-5,8-15,18H,6-7,16-17H2,(H,27,30). The van der Waals surface area contributed by atoms with Gasteiger partial charge in [0.25, 0.3) is 5.91 Å². The highest BCUT2D eigenvalue weighted by Gasteiger charge is 2.27. The monoisotopic (exact) mass is 457 g/mol. The van der Waals surface area contributed by atoms with Crippen LogP contribution in [0.15, 0.2) is 89.8 Å². The highest BCUT2D eigenvalue weighted by Crippen LogP contribution is 2.26. The zero-order valence-corrected chi connectivity index (χ0v) is 18.8. The van der Waals surface area contributed by atoms with Crippen LogP contribution < -0.4 is 5.32 Å². The second kappa shape index (κ2) is 8.77. The molecule has 0 saturated carbocycles. The first-order valence-electron chi connectivity index (χ1n) is 10.9. The first-order valence-corrected chi connectivity index (χ1v) is 12.3. The summed E-state index contributed by atoms with van der Waals surface area (Å²) in [7, 11) is -3.49. The molecule has 1 aliphatic heterocycles. The van der Waals surface area contributed by atoms with Gasteiger partial charge in [0.05, 0.1) is 21.7 Å². The van der Waals surface area contributed by atoms with E-state index in [4.69, 9.17) is 4.98 Å². The fraction of sp³-hybridized carbons (Fsp3) is 0.154. The SMILES string of the molecule is O=C(Nc1ccc(S(=O)(=O)N2CCCC2)cc1)c1cc(-c2ccccc2)nc2ccccc12. The van der Waals surface area contributed by atoms with E-state index in [0.717, 1.165) is 29.3 Å². The molecular formula is C26H23N3O3S. The highest BCUT2D eigenvalue weighted by atomic mass is 32.2. The Morgan fingerprint density at radius 3 is 2.24 bits per heavy atom. The van der Waals surface area contributed by atoms with E-state index in [9.17, 15) is 13.2 Å². The van der Waals surface area contributed by atoms with Gasteiger partial charge in [-0.3, -0.25) is 4.79 Å². The van der Waals surface area contributed by atoms with Gasteiger partial charge in [0, 0.05) is 29.7 Å². The van der Waals surface area contributed by atoms with Crippen LogP contribution in [0, 0.1) is 0 Å². The van der Waals surface area contributed by atoms with Crippen molar-refractivity contribution in [3.63, 3.8) is 0 Å². The van der Waals surface area contributed by atoms with Crippen LogP contribution >= 0.6 is 0 Å². The van der Waals surface area contributed by atoms with Crippen molar-refractivity contribution in [2.45, 2.75) is 17.7 Å². The van der Waals surface area contributed by atoms with Gasteiger partial charge in [0.1, 0.15) is 0 Å². The van der Waals surface area contributed by atoms with Crippen molar-refractivity contribution < 1.29 is 13.2 Å². The Bertz CT molecular complexity index is 1410. The van der Waals surface area contributed by atoms with Crippen LogP contribution in [0.3, 0.4) is 0 Å². The van der Waals surface area contributed by atoms with Crippen molar-refractivity contribution >= 4 is 32.5 Å². The van der Waals surface area contributed by atoms with Gasteiger partial charge >= 0.3 is 0 Å². The van der Waals surface area contributed by atoms with Crippen LogP contribution in [0.25, 0.3) is 22.2 Å². The Kier molecular flexibility index (Phi) is 5.66. The van der Waals surface area contributed by atoms with Crippen LogP contribution in [0.2, 0.25) is 0 Å². The van der Waals surface area contributed by atoms with E-state index in [1.54, 1.807) is 30.3 Å². The van der Waals surface area contributed by atoms with Gasteiger partial charge in [-0.05, 0) is 49.2 Å². The number of sulfonamides is 1. The molecule has 33 heavy (non-hydrogen) atoms. The van der Waals surface area contributed by atoms with Crippen molar-refractivity contribution in [3.05, 3.63) is 90.5 Å². The molecular weight excluding hydrogens is 434 g/mol. The second-order valence-electron chi connectivity index (χ2n) is 8.03. The first-order chi connectivity index (χ1) is 16.0.